The van der Waals surface area contributed by atoms with Gasteiger partial charge in [-0.05, 0) is 64.1 Å². The second-order valence-corrected chi connectivity index (χ2v) is 5.91. The van der Waals surface area contributed by atoms with E-state index in [0.717, 1.165) is 14.7 Å². The molecule has 0 aliphatic rings. The maximum absolute atomic E-state index is 9.26. The summed E-state index contributed by atoms with van der Waals surface area (Å²) in [6.45, 7) is 0. The lowest BCUT2D eigenvalue weighted by molar-refractivity contribution is 1.52. The highest BCUT2D eigenvalue weighted by Gasteiger charge is 2.04. The third kappa shape index (κ3) is 3.73. The maximum Gasteiger partial charge on any atom is 0.0998 e. The van der Waals surface area contributed by atoms with E-state index in [-0.39, 0.29) is 0 Å². The monoisotopic (exact) mass is 399 g/mol. The Hall–Kier alpha value is -1.02. The lowest BCUT2D eigenvalue weighted by atomic mass is 10.0. The topological polar surface area (TPSA) is 23.8 Å². The summed E-state index contributed by atoms with van der Waals surface area (Å²) >= 11 is 14.1. The number of allylic oxidation sites excluding steroid dienone is 1. The average Bonchev–Trinajstić information content (AvgIpc) is 2.41. The summed E-state index contributed by atoms with van der Waals surface area (Å²) in [5.41, 5.74) is 2.29. The van der Waals surface area contributed by atoms with Gasteiger partial charge in [-0.2, -0.15) is 5.26 Å². The molecule has 0 aliphatic heterocycles. The van der Waals surface area contributed by atoms with Gasteiger partial charge < -0.3 is 0 Å². The Morgan fingerprint density at radius 3 is 2.32 bits per heavy atom. The molecule has 2 aromatic carbocycles. The summed E-state index contributed by atoms with van der Waals surface area (Å²) < 4.78 is 1.16. The SMILES string of the molecule is N#C/C(=C/c1ccc(I)cc1)c1ccc(Cl)c(Cl)c1. The van der Waals surface area contributed by atoms with Crippen molar-refractivity contribution in [2.45, 2.75) is 0 Å². The largest absolute Gasteiger partial charge is 0.192 e. The molecule has 0 saturated carbocycles. The van der Waals surface area contributed by atoms with E-state index in [1.165, 1.54) is 0 Å². The van der Waals surface area contributed by atoms with Crippen LogP contribution < -0.4 is 0 Å². The van der Waals surface area contributed by atoms with E-state index in [0.29, 0.717) is 15.6 Å². The average molecular weight is 400 g/mol. The van der Waals surface area contributed by atoms with Gasteiger partial charge in [0.25, 0.3) is 0 Å². The molecule has 94 valence electrons. The number of hydrogen-bond donors (Lipinski definition) is 0. The summed E-state index contributed by atoms with van der Waals surface area (Å²) in [5, 5.41) is 10.2. The Kier molecular flexibility index (Phi) is 4.87. The first kappa shape index (κ1) is 14.4. The summed E-state index contributed by atoms with van der Waals surface area (Å²) in [6.07, 6.45) is 1.83. The summed E-state index contributed by atoms with van der Waals surface area (Å²) in [4.78, 5) is 0. The molecule has 0 amide bonds. The first-order valence-electron chi connectivity index (χ1n) is 5.43. The van der Waals surface area contributed by atoms with E-state index in [4.69, 9.17) is 23.2 Å². The normalized spacial score (nSPS) is 11.2. The number of rotatable bonds is 2. The van der Waals surface area contributed by atoms with Crippen LogP contribution in [0, 0.1) is 14.9 Å². The fourth-order valence-electron chi connectivity index (χ4n) is 1.57. The van der Waals surface area contributed by atoms with Crippen LogP contribution in [-0.2, 0) is 0 Å². The van der Waals surface area contributed by atoms with E-state index in [2.05, 4.69) is 28.7 Å². The van der Waals surface area contributed by atoms with Gasteiger partial charge in [-0.3, -0.25) is 0 Å². The Bertz CT molecular complexity index is 670. The van der Waals surface area contributed by atoms with Crippen LogP contribution >= 0.6 is 45.8 Å². The molecule has 0 heterocycles. The van der Waals surface area contributed by atoms with Crippen LogP contribution in [0.15, 0.2) is 42.5 Å². The molecule has 0 radical (unpaired) electrons. The maximum atomic E-state index is 9.26. The Balaban J connectivity index is 2.42. The zero-order valence-corrected chi connectivity index (χ0v) is 13.4. The highest BCUT2D eigenvalue weighted by molar-refractivity contribution is 14.1. The quantitative estimate of drug-likeness (QED) is 0.363. The minimum atomic E-state index is 0.447. The molecule has 0 fully saturated rings. The number of nitrogens with zero attached hydrogens (tertiary/aromatic N) is 1. The molecule has 0 spiro atoms. The Morgan fingerprint density at radius 2 is 1.74 bits per heavy atom. The zero-order chi connectivity index (χ0) is 13.8. The molecule has 2 rings (SSSR count). The van der Waals surface area contributed by atoms with Crippen LogP contribution in [0.25, 0.3) is 11.6 Å². The smallest absolute Gasteiger partial charge is 0.0998 e. The highest BCUT2D eigenvalue weighted by atomic mass is 127. The molecule has 4 heteroatoms. The van der Waals surface area contributed by atoms with Crippen LogP contribution in [0.2, 0.25) is 10.0 Å². The predicted molar refractivity (Wildman–Crippen MR) is 89.1 cm³/mol. The van der Waals surface area contributed by atoms with E-state index in [1.54, 1.807) is 18.2 Å². The molecule has 0 aliphatic carbocycles. The van der Waals surface area contributed by atoms with Crippen molar-refractivity contribution in [2.24, 2.45) is 0 Å². The van der Waals surface area contributed by atoms with Gasteiger partial charge in [-0.25, -0.2) is 0 Å². The van der Waals surface area contributed by atoms with Crippen molar-refractivity contribution in [3.8, 4) is 6.07 Å². The molecular weight excluding hydrogens is 392 g/mol. The summed E-state index contributed by atoms with van der Waals surface area (Å²) in [5.74, 6) is 0. The molecule has 0 saturated heterocycles. The third-order valence-electron chi connectivity index (χ3n) is 2.53. The minimum absolute atomic E-state index is 0.447. The number of hydrogen-bond acceptors (Lipinski definition) is 1. The van der Waals surface area contributed by atoms with E-state index < -0.39 is 0 Å². The van der Waals surface area contributed by atoms with Gasteiger partial charge in [0.2, 0.25) is 0 Å². The van der Waals surface area contributed by atoms with Crippen molar-refractivity contribution in [2.75, 3.05) is 0 Å². The molecule has 19 heavy (non-hydrogen) atoms. The summed E-state index contributed by atoms with van der Waals surface area (Å²) in [7, 11) is 0. The van der Waals surface area contributed by atoms with Crippen LogP contribution in [0.5, 0.6) is 0 Å². The Morgan fingerprint density at radius 1 is 1.05 bits per heavy atom. The Labute approximate surface area is 135 Å². The number of nitriles is 1. The van der Waals surface area contributed by atoms with E-state index in [1.807, 2.05) is 30.3 Å². The first-order valence-corrected chi connectivity index (χ1v) is 7.26. The molecule has 0 aromatic heterocycles. The van der Waals surface area contributed by atoms with E-state index >= 15 is 0 Å². The number of halogens is 3. The fourth-order valence-corrected chi connectivity index (χ4v) is 2.23. The van der Waals surface area contributed by atoms with Gasteiger partial charge in [-0.1, -0.05) is 41.4 Å². The lowest BCUT2D eigenvalue weighted by Gasteiger charge is -2.02. The third-order valence-corrected chi connectivity index (χ3v) is 3.99. The van der Waals surface area contributed by atoms with Crippen molar-refractivity contribution in [3.63, 3.8) is 0 Å². The molecule has 0 unspecified atom stereocenters. The molecule has 0 N–H and O–H groups in total. The second-order valence-electron chi connectivity index (χ2n) is 3.85. The van der Waals surface area contributed by atoms with Crippen molar-refractivity contribution in [3.05, 3.63) is 67.2 Å². The zero-order valence-electron chi connectivity index (χ0n) is 9.70. The molecular formula is C15H8Cl2IN. The fraction of sp³-hybridized carbons (Fsp3) is 0. The van der Waals surface area contributed by atoms with Crippen LogP contribution in [-0.4, -0.2) is 0 Å². The lowest BCUT2D eigenvalue weighted by Crippen LogP contribution is -1.83. The standard InChI is InChI=1S/C15H8Cl2IN/c16-14-6-3-11(8-15(14)17)12(9-19)7-10-1-4-13(18)5-2-10/h1-8H/b12-7-. The van der Waals surface area contributed by atoms with Crippen LogP contribution in [0.3, 0.4) is 0 Å². The number of benzene rings is 2. The van der Waals surface area contributed by atoms with Crippen molar-refractivity contribution < 1.29 is 0 Å². The molecule has 0 atom stereocenters. The highest BCUT2D eigenvalue weighted by Crippen LogP contribution is 2.27. The molecule has 2 aromatic rings. The van der Waals surface area contributed by atoms with Crippen molar-refractivity contribution >= 4 is 57.4 Å². The van der Waals surface area contributed by atoms with Crippen LogP contribution in [0.4, 0.5) is 0 Å². The van der Waals surface area contributed by atoms with Gasteiger partial charge >= 0.3 is 0 Å². The van der Waals surface area contributed by atoms with Crippen LogP contribution in [0.1, 0.15) is 11.1 Å². The molecule has 0 bridgehead atoms. The van der Waals surface area contributed by atoms with Gasteiger partial charge in [0.05, 0.1) is 21.7 Å². The van der Waals surface area contributed by atoms with Crippen molar-refractivity contribution in [1.29, 1.82) is 5.26 Å². The van der Waals surface area contributed by atoms with E-state index in [9.17, 15) is 5.26 Å². The second kappa shape index (κ2) is 6.42. The van der Waals surface area contributed by atoms with Gasteiger partial charge in [-0.15, -0.1) is 0 Å². The predicted octanol–water partition coefficient (Wildman–Crippen LogP) is 5.66. The van der Waals surface area contributed by atoms with Gasteiger partial charge in [0, 0.05) is 3.57 Å². The first-order chi connectivity index (χ1) is 9.10. The van der Waals surface area contributed by atoms with Gasteiger partial charge in [0.1, 0.15) is 0 Å². The molecule has 1 nitrogen and oxygen atoms in total. The van der Waals surface area contributed by atoms with Gasteiger partial charge in [0.15, 0.2) is 0 Å². The van der Waals surface area contributed by atoms with Crippen molar-refractivity contribution in [1.82, 2.24) is 0 Å². The minimum Gasteiger partial charge on any atom is -0.192 e. The summed E-state index contributed by atoms with van der Waals surface area (Å²) in [6, 6.07) is 15.3.